The molecule has 0 aromatic heterocycles. The summed E-state index contributed by atoms with van der Waals surface area (Å²) >= 11 is 0. The summed E-state index contributed by atoms with van der Waals surface area (Å²) in [4.78, 5) is 0. The van der Waals surface area contributed by atoms with Crippen LogP contribution in [0.25, 0.3) is 0 Å². The zero-order valence-corrected chi connectivity index (χ0v) is 11.2. The predicted molar refractivity (Wildman–Crippen MR) is 74.6 cm³/mol. The van der Waals surface area contributed by atoms with Gasteiger partial charge in [-0.3, -0.25) is 0 Å². The van der Waals surface area contributed by atoms with Gasteiger partial charge in [0.05, 0.1) is 12.2 Å². The topological polar surface area (TPSA) is 21.3 Å². The first-order valence-corrected chi connectivity index (χ1v) is 6.67. The minimum absolute atomic E-state index is 0.149. The van der Waals surface area contributed by atoms with Crippen LogP contribution in [0.4, 0.5) is 18.9 Å². The van der Waals surface area contributed by atoms with Gasteiger partial charge in [0.1, 0.15) is 5.75 Å². The van der Waals surface area contributed by atoms with E-state index in [1.807, 2.05) is 24.3 Å². The summed E-state index contributed by atoms with van der Waals surface area (Å²) in [5.74, 6) is 0.393. The number of halogens is 3. The Bertz CT molecular complexity index is 639. The molecule has 21 heavy (non-hydrogen) atoms. The summed E-state index contributed by atoms with van der Waals surface area (Å²) in [5, 5.41) is 3.26. The van der Waals surface area contributed by atoms with Crippen molar-refractivity contribution >= 4 is 5.69 Å². The van der Waals surface area contributed by atoms with Crippen LogP contribution in [0.5, 0.6) is 5.75 Å². The van der Waals surface area contributed by atoms with Gasteiger partial charge in [-0.2, -0.15) is 13.2 Å². The van der Waals surface area contributed by atoms with Gasteiger partial charge >= 0.3 is 6.18 Å². The second-order valence-electron chi connectivity index (χ2n) is 5.00. The Morgan fingerprint density at radius 3 is 2.71 bits per heavy atom. The lowest BCUT2D eigenvalue weighted by molar-refractivity contribution is -0.137. The van der Waals surface area contributed by atoms with E-state index in [4.69, 9.17) is 4.74 Å². The van der Waals surface area contributed by atoms with Crippen LogP contribution in [0.2, 0.25) is 0 Å². The van der Waals surface area contributed by atoms with Gasteiger partial charge in [0.15, 0.2) is 0 Å². The third-order valence-corrected chi connectivity index (χ3v) is 3.55. The minimum atomic E-state index is -4.35. The van der Waals surface area contributed by atoms with E-state index in [-0.39, 0.29) is 11.7 Å². The maximum Gasteiger partial charge on any atom is 0.416 e. The lowest BCUT2D eigenvalue weighted by atomic mass is 10.0. The highest BCUT2D eigenvalue weighted by Gasteiger charge is 2.30. The molecule has 2 aromatic rings. The number of hydrogen-bond donors (Lipinski definition) is 1. The monoisotopic (exact) mass is 293 g/mol. The molecule has 0 amide bonds. The van der Waals surface area contributed by atoms with Crippen molar-refractivity contribution < 1.29 is 17.9 Å². The summed E-state index contributed by atoms with van der Waals surface area (Å²) in [6.45, 7) is 1.09. The van der Waals surface area contributed by atoms with E-state index < -0.39 is 11.7 Å². The lowest BCUT2D eigenvalue weighted by Gasteiger charge is -2.13. The Balaban J connectivity index is 1.69. The summed E-state index contributed by atoms with van der Waals surface area (Å²) in [6.07, 6.45) is -4.35. The molecule has 1 atom stereocenters. The number of fused-ring (bicyclic) bond motifs is 1. The van der Waals surface area contributed by atoms with Crippen molar-refractivity contribution in [3.05, 3.63) is 59.7 Å². The molecule has 1 unspecified atom stereocenters. The zero-order valence-electron chi connectivity index (χ0n) is 11.2. The van der Waals surface area contributed by atoms with Crippen molar-refractivity contribution in [1.29, 1.82) is 0 Å². The molecule has 3 rings (SSSR count). The minimum Gasteiger partial charge on any atom is -0.493 e. The fraction of sp³-hybridized carbons (Fsp3) is 0.250. The fourth-order valence-electron chi connectivity index (χ4n) is 2.46. The van der Waals surface area contributed by atoms with Gasteiger partial charge in [0.2, 0.25) is 0 Å². The van der Waals surface area contributed by atoms with E-state index in [9.17, 15) is 13.2 Å². The number of nitrogens with one attached hydrogen (secondary N) is 1. The molecule has 0 aliphatic carbocycles. The normalized spacial score (nSPS) is 17.2. The van der Waals surface area contributed by atoms with Crippen molar-refractivity contribution in [1.82, 2.24) is 0 Å². The molecule has 1 N–H and O–H groups in total. The second kappa shape index (κ2) is 5.31. The number of para-hydroxylation sites is 1. The summed E-state index contributed by atoms with van der Waals surface area (Å²) in [7, 11) is 0. The first-order valence-electron chi connectivity index (χ1n) is 6.67. The van der Waals surface area contributed by atoms with E-state index in [1.165, 1.54) is 6.07 Å². The molecule has 0 bridgehead atoms. The van der Waals surface area contributed by atoms with E-state index in [1.54, 1.807) is 6.07 Å². The SMILES string of the molecule is FC(F)(F)c1cccc(OCC2CNc3ccccc32)c1. The fourth-order valence-corrected chi connectivity index (χ4v) is 2.46. The number of alkyl halides is 3. The van der Waals surface area contributed by atoms with E-state index in [2.05, 4.69) is 5.32 Å². The zero-order chi connectivity index (χ0) is 14.9. The molecule has 1 heterocycles. The average Bonchev–Trinajstić information content (AvgIpc) is 2.88. The summed E-state index contributed by atoms with van der Waals surface area (Å²) in [6, 6.07) is 12.9. The third kappa shape index (κ3) is 2.96. The van der Waals surface area contributed by atoms with Crippen molar-refractivity contribution in [2.75, 3.05) is 18.5 Å². The number of benzene rings is 2. The molecule has 1 aliphatic rings. The summed E-state index contributed by atoms with van der Waals surface area (Å²) in [5.41, 5.74) is 1.52. The van der Waals surface area contributed by atoms with E-state index in [0.717, 1.165) is 29.9 Å². The van der Waals surface area contributed by atoms with Crippen LogP contribution < -0.4 is 10.1 Å². The predicted octanol–water partition coefficient (Wildman–Crippen LogP) is 4.29. The molecule has 0 spiro atoms. The first kappa shape index (κ1) is 13.8. The highest BCUT2D eigenvalue weighted by molar-refractivity contribution is 5.57. The molecule has 110 valence electrons. The Hall–Kier alpha value is -2.17. The number of anilines is 1. The van der Waals surface area contributed by atoms with Gasteiger partial charge in [-0.1, -0.05) is 24.3 Å². The van der Waals surface area contributed by atoms with E-state index in [0.29, 0.717) is 6.61 Å². The first-order chi connectivity index (χ1) is 10.0. The van der Waals surface area contributed by atoms with Gasteiger partial charge < -0.3 is 10.1 Å². The highest BCUT2D eigenvalue weighted by Crippen LogP contribution is 2.33. The quantitative estimate of drug-likeness (QED) is 0.911. The average molecular weight is 293 g/mol. The van der Waals surface area contributed by atoms with Crippen molar-refractivity contribution in [3.63, 3.8) is 0 Å². The smallest absolute Gasteiger partial charge is 0.416 e. The van der Waals surface area contributed by atoms with Crippen molar-refractivity contribution in [2.45, 2.75) is 12.1 Å². The molecular weight excluding hydrogens is 279 g/mol. The van der Waals surface area contributed by atoms with Crippen molar-refractivity contribution in [2.24, 2.45) is 0 Å². The Labute approximate surface area is 120 Å². The Kier molecular flexibility index (Phi) is 3.49. The molecule has 2 nitrogen and oxygen atoms in total. The standard InChI is InChI=1S/C16H14F3NO/c17-16(18,19)12-4-3-5-13(8-12)21-10-11-9-20-15-7-2-1-6-14(11)15/h1-8,11,20H,9-10H2. The molecule has 5 heteroatoms. The maximum atomic E-state index is 12.6. The van der Waals surface area contributed by atoms with Crippen LogP contribution in [0.3, 0.4) is 0 Å². The molecule has 0 fully saturated rings. The molecule has 2 aromatic carbocycles. The van der Waals surface area contributed by atoms with Gasteiger partial charge in [0.25, 0.3) is 0 Å². The molecule has 1 aliphatic heterocycles. The molecule has 0 saturated heterocycles. The number of hydrogen-bond acceptors (Lipinski definition) is 2. The van der Waals surface area contributed by atoms with Gasteiger partial charge in [0, 0.05) is 18.2 Å². The summed E-state index contributed by atoms with van der Waals surface area (Å²) < 4.78 is 43.5. The van der Waals surface area contributed by atoms with Gasteiger partial charge in [-0.05, 0) is 29.8 Å². The van der Waals surface area contributed by atoms with Gasteiger partial charge in [-0.25, -0.2) is 0 Å². The molecule has 0 radical (unpaired) electrons. The molecule has 0 saturated carbocycles. The maximum absolute atomic E-state index is 12.6. The van der Waals surface area contributed by atoms with Crippen LogP contribution in [0.15, 0.2) is 48.5 Å². The Morgan fingerprint density at radius 1 is 1.10 bits per heavy atom. The van der Waals surface area contributed by atoms with Crippen LogP contribution in [-0.2, 0) is 6.18 Å². The van der Waals surface area contributed by atoms with Crippen LogP contribution >= 0.6 is 0 Å². The Morgan fingerprint density at radius 2 is 1.90 bits per heavy atom. The molecular formula is C16H14F3NO. The second-order valence-corrected chi connectivity index (χ2v) is 5.00. The van der Waals surface area contributed by atoms with Crippen LogP contribution in [0, 0.1) is 0 Å². The van der Waals surface area contributed by atoms with Gasteiger partial charge in [-0.15, -0.1) is 0 Å². The lowest BCUT2D eigenvalue weighted by Crippen LogP contribution is -2.13. The largest absolute Gasteiger partial charge is 0.493 e. The van der Waals surface area contributed by atoms with Crippen LogP contribution in [-0.4, -0.2) is 13.2 Å². The highest BCUT2D eigenvalue weighted by atomic mass is 19.4. The number of ether oxygens (including phenoxy) is 1. The number of rotatable bonds is 3. The van der Waals surface area contributed by atoms with Crippen molar-refractivity contribution in [3.8, 4) is 5.75 Å². The third-order valence-electron chi connectivity index (χ3n) is 3.55. The van der Waals surface area contributed by atoms with Crippen LogP contribution in [0.1, 0.15) is 17.0 Å². The van der Waals surface area contributed by atoms with E-state index >= 15 is 0 Å².